The number of alkyl halides is 3. The standard InChI is InChI=1S/C19H23F3N4O2S.HI/c1-5-6-13-7-12(8-14(27-3)17(13)28-4)9-24-18(23-2)25-10-16-26-15(11-29-16)19(20,21)22;/h5,7-8,11H,1,6,9-10H2,2-4H3,(H2,23,24,25);1H. The van der Waals surface area contributed by atoms with Gasteiger partial charge in [-0.3, -0.25) is 4.99 Å². The highest BCUT2D eigenvalue weighted by atomic mass is 127. The van der Waals surface area contributed by atoms with Crippen LogP contribution < -0.4 is 20.1 Å². The Morgan fingerprint density at radius 3 is 2.47 bits per heavy atom. The first-order valence-electron chi connectivity index (χ1n) is 8.63. The van der Waals surface area contributed by atoms with E-state index >= 15 is 0 Å². The summed E-state index contributed by atoms with van der Waals surface area (Å²) in [4.78, 5) is 7.67. The zero-order valence-corrected chi connectivity index (χ0v) is 19.9. The molecule has 11 heteroatoms. The summed E-state index contributed by atoms with van der Waals surface area (Å²) in [6.45, 7) is 4.32. The predicted octanol–water partition coefficient (Wildman–Crippen LogP) is 4.39. The Morgan fingerprint density at radius 1 is 1.23 bits per heavy atom. The van der Waals surface area contributed by atoms with Gasteiger partial charge < -0.3 is 20.1 Å². The van der Waals surface area contributed by atoms with Crippen LogP contribution in [-0.4, -0.2) is 32.2 Å². The monoisotopic (exact) mass is 556 g/mol. The van der Waals surface area contributed by atoms with Crippen molar-refractivity contribution in [3.63, 3.8) is 0 Å². The highest BCUT2D eigenvalue weighted by Gasteiger charge is 2.33. The van der Waals surface area contributed by atoms with Crippen molar-refractivity contribution >= 4 is 41.3 Å². The number of allylic oxidation sites excluding steroid dienone is 1. The van der Waals surface area contributed by atoms with Crippen LogP contribution in [-0.2, 0) is 25.7 Å². The van der Waals surface area contributed by atoms with E-state index < -0.39 is 11.9 Å². The summed E-state index contributed by atoms with van der Waals surface area (Å²) >= 11 is 0.944. The molecule has 1 aromatic heterocycles. The number of aromatic nitrogens is 1. The third-order valence-electron chi connectivity index (χ3n) is 3.91. The number of rotatable bonds is 8. The maximum Gasteiger partial charge on any atom is 0.434 e. The number of nitrogens with zero attached hydrogens (tertiary/aromatic N) is 2. The van der Waals surface area contributed by atoms with E-state index in [0.717, 1.165) is 27.8 Å². The molecule has 0 atom stereocenters. The van der Waals surface area contributed by atoms with Crippen LogP contribution in [0.4, 0.5) is 13.2 Å². The Labute approximate surface area is 194 Å². The fourth-order valence-electron chi connectivity index (χ4n) is 2.60. The van der Waals surface area contributed by atoms with Crippen molar-refractivity contribution in [1.82, 2.24) is 15.6 Å². The molecular weight excluding hydrogens is 532 g/mol. The smallest absolute Gasteiger partial charge is 0.434 e. The molecule has 2 N–H and O–H groups in total. The third kappa shape index (κ3) is 7.04. The Kier molecular flexibility index (Phi) is 10.4. The second-order valence-corrected chi connectivity index (χ2v) is 6.83. The topological polar surface area (TPSA) is 67.8 Å². The lowest BCUT2D eigenvalue weighted by Gasteiger charge is -2.16. The minimum Gasteiger partial charge on any atom is -0.493 e. The number of ether oxygens (including phenoxy) is 2. The second-order valence-electron chi connectivity index (χ2n) is 5.89. The lowest BCUT2D eigenvalue weighted by Crippen LogP contribution is -2.36. The first-order valence-corrected chi connectivity index (χ1v) is 9.51. The predicted molar refractivity (Wildman–Crippen MR) is 123 cm³/mol. The van der Waals surface area contributed by atoms with Crippen molar-refractivity contribution in [3.8, 4) is 11.5 Å². The van der Waals surface area contributed by atoms with Crippen molar-refractivity contribution in [3.05, 3.63) is 52.0 Å². The zero-order valence-electron chi connectivity index (χ0n) is 16.8. The molecule has 166 valence electrons. The first kappa shape index (κ1) is 26.0. The molecule has 1 aromatic carbocycles. The molecule has 0 bridgehead atoms. The Balaban J connectivity index is 0.00000450. The first-order chi connectivity index (χ1) is 13.8. The maximum absolute atomic E-state index is 12.6. The minimum absolute atomic E-state index is 0. The molecule has 0 saturated carbocycles. The minimum atomic E-state index is -4.44. The van der Waals surface area contributed by atoms with Gasteiger partial charge in [-0.1, -0.05) is 6.08 Å². The molecule has 0 radical (unpaired) electrons. The number of hydrogen-bond acceptors (Lipinski definition) is 5. The van der Waals surface area contributed by atoms with Crippen LogP contribution in [0, 0.1) is 0 Å². The van der Waals surface area contributed by atoms with Crippen molar-refractivity contribution in [2.24, 2.45) is 4.99 Å². The Morgan fingerprint density at radius 2 is 1.93 bits per heavy atom. The van der Waals surface area contributed by atoms with Gasteiger partial charge in [-0.15, -0.1) is 41.9 Å². The summed E-state index contributed by atoms with van der Waals surface area (Å²) in [5.41, 5.74) is 0.974. The molecule has 6 nitrogen and oxygen atoms in total. The number of thiazole rings is 1. The summed E-state index contributed by atoms with van der Waals surface area (Å²) in [7, 11) is 4.73. The van der Waals surface area contributed by atoms with Crippen molar-refractivity contribution in [1.29, 1.82) is 0 Å². The number of aliphatic imine (C=N–C) groups is 1. The highest BCUT2D eigenvalue weighted by Crippen LogP contribution is 2.33. The molecule has 0 saturated heterocycles. The molecule has 30 heavy (non-hydrogen) atoms. The summed E-state index contributed by atoms with van der Waals surface area (Å²) in [6.07, 6.45) is -2.05. The summed E-state index contributed by atoms with van der Waals surface area (Å²) in [6, 6.07) is 3.82. The second kappa shape index (κ2) is 12.0. The van der Waals surface area contributed by atoms with E-state index in [4.69, 9.17) is 9.47 Å². The van der Waals surface area contributed by atoms with Gasteiger partial charge in [0.2, 0.25) is 0 Å². The van der Waals surface area contributed by atoms with Crippen LogP contribution in [0.1, 0.15) is 21.8 Å². The van der Waals surface area contributed by atoms with E-state index in [1.165, 1.54) is 0 Å². The fourth-order valence-corrected chi connectivity index (χ4v) is 3.34. The fraction of sp³-hybridized carbons (Fsp3) is 0.368. The molecule has 2 rings (SSSR count). The lowest BCUT2D eigenvalue weighted by molar-refractivity contribution is -0.140. The van der Waals surface area contributed by atoms with Gasteiger partial charge in [-0.05, 0) is 24.1 Å². The molecule has 0 spiro atoms. The maximum atomic E-state index is 12.6. The van der Waals surface area contributed by atoms with Crippen LogP contribution in [0.5, 0.6) is 11.5 Å². The average Bonchev–Trinajstić information content (AvgIpc) is 3.17. The summed E-state index contributed by atoms with van der Waals surface area (Å²) < 4.78 is 48.7. The number of nitrogens with one attached hydrogen (secondary N) is 2. The van der Waals surface area contributed by atoms with Gasteiger partial charge in [-0.2, -0.15) is 13.2 Å². The number of hydrogen-bond donors (Lipinski definition) is 2. The van der Waals surface area contributed by atoms with E-state index in [1.807, 2.05) is 12.1 Å². The van der Waals surface area contributed by atoms with Crippen LogP contribution >= 0.6 is 35.3 Å². The van der Waals surface area contributed by atoms with Gasteiger partial charge in [0.25, 0.3) is 0 Å². The van der Waals surface area contributed by atoms with Gasteiger partial charge >= 0.3 is 6.18 Å². The third-order valence-corrected chi connectivity index (χ3v) is 4.76. The average molecular weight is 556 g/mol. The van der Waals surface area contributed by atoms with Crippen LogP contribution in [0.3, 0.4) is 0 Å². The van der Waals surface area contributed by atoms with Gasteiger partial charge in [0.15, 0.2) is 23.2 Å². The van der Waals surface area contributed by atoms with Gasteiger partial charge in [0.1, 0.15) is 5.01 Å². The number of benzene rings is 1. The molecule has 0 aliphatic heterocycles. The lowest BCUT2D eigenvalue weighted by atomic mass is 10.1. The largest absolute Gasteiger partial charge is 0.493 e. The van der Waals surface area contributed by atoms with Crippen molar-refractivity contribution in [2.75, 3.05) is 21.3 Å². The highest BCUT2D eigenvalue weighted by molar-refractivity contribution is 14.0. The van der Waals surface area contributed by atoms with E-state index in [1.54, 1.807) is 27.3 Å². The van der Waals surface area contributed by atoms with Crippen molar-refractivity contribution in [2.45, 2.75) is 25.7 Å². The zero-order chi connectivity index (χ0) is 21.4. The van der Waals surface area contributed by atoms with Crippen LogP contribution in [0.15, 0.2) is 35.2 Å². The van der Waals surface area contributed by atoms with Crippen LogP contribution in [0.2, 0.25) is 0 Å². The molecular formula is C19H24F3IN4O2S. The van der Waals surface area contributed by atoms with E-state index in [-0.39, 0.29) is 30.5 Å². The number of guanidine groups is 1. The van der Waals surface area contributed by atoms with Gasteiger partial charge in [-0.25, -0.2) is 4.98 Å². The number of methoxy groups -OCH3 is 2. The number of halogens is 4. The molecule has 0 fully saturated rings. The molecule has 0 amide bonds. The van der Waals surface area contributed by atoms with Crippen molar-refractivity contribution < 1.29 is 22.6 Å². The van der Waals surface area contributed by atoms with E-state index in [9.17, 15) is 13.2 Å². The molecule has 1 heterocycles. The molecule has 0 aliphatic rings. The molecule has 2 aromatic rings. The Bertz CT molecular complexity index is 872. The normalized spacial score (nSPS) is 11.5. The SMILES string of the molecule is C=CCc1cc(CNC(=NC)NCc2nc(C(F)(F)F)cs2)cc(OC)c1OC.I. The quantitative estimate of drug-likeness (QED) is 0.219. The van der Waals surface area contributed by atoms with Gasteiger partial charge in [0, 0.05) is 24.5 Å². The summed E-state index contributed by atoms with van der Waals surface area (Å²) in [5.74, 6) is 1.70. The van der Waals surface area contributed by atoms with Crippen LogP contribution in [0.25, 0.3) is 0 Å². The van der Waals surface area contributed by atoms with E-state index in [0.29, 0.717) is 35.4 Å². The molecule has 0 aliphatic carbocycles. The van der Waals surface area contributed by atoms with Gasteiger partial charge in [0.05, 0.1) is 20.8 Å². The van der Waals surface area contributed by atoms with E-state index in [2.05, 4.69) is 27.2 Å². The Hall–Kier alpha value is -2.02. The molecule has 0 unspecified atom stereocenters. The summed E-state index contributed by atoms with van der Waals surface area (Å²) in [5, 5.41) is 7.40.